The molecular formula is C24H26ClN3O4S2. The van der Waals surface area contributed by atoms with Crippen molar-refractivity contribution in [1.29, 1.82) is 0 Å². The summed E-state index contributed by atoms with van der Waals surface area (Å²) in [4.78, 5) is 20.2. The van der Waals surface area contributed by atoms with Gasteiger partial charge in [-0.25, -0.2) is 13.4 Å². The summed E-state index contributed by atoms with van der Waals surface area (Å²) in [5, 5.41) is 1.21. The Kier molecular flexibility index (Phi) is 6.65. The van der Waals surface area contributed by atoms with E-state index in [1.54, 1.807) is 17.0 Å². The normalized spacial score (nSPS) is 19.2. The van der Waals surface area contributed by atoms with E-state index in [-0.39, 0.29) is 16.9 Å². The lowest BCUT2D eigenvalue weighted by atomic mass is 10.2. The van der Waals surface area contributed by atoms with Crippen LogP contribution in [-0.4, -0.2) is 56.0 Å². The van der Waals surface area contributed by atoms with E-state index >= 15 is 0 Å². The van der Waals surface area contributed by atoms with Gasteiger partial charge >= 0.3 is 0 Å². The van der Waals surface area contributed by atoms with E-state index in [0.717, 1.165) is 41.5 Å². The van der Waals surface area contributed by atoms with Crippen LogP contribution in [0.4, 0.5) is 5.13 Å². The van der Waals surface area contributed by atoms with E-state index in [0.29, 0.717) is 42.0 Å². The van der Waals surface area contributed by atoms with Crippen molar-refractivity contribution in [2.75, 3.05) is 31.1 Å². The second kappa shape index (κ2) is 9.54. The van der Waals surface area contributed by atoms with Crippen LogP contribution in [0, 0.1) is 6.92 Å². The van der Waals surface area contributed by atoms with Crippen LogP contribution in [0.2, 0.25) is 5.02 Å². The summed E-state index contributed by atoms with van der Waals surface area (Å²) in [6.45, 7) is 4.10. The van der Waals surface area contributed by atoms with Crippen LogP contribution in [0.15, 0.2) is 41.3 Å². The second-order valence-electron chi connectivity index (χ2n) is 8.75. The van der Waals surface area contributed by atoms with Crippen molar-refractivity contribution in [2.45, 2.75) is 43.6 Å². The molecule has 2 aromatic carbocycles. The van der Waals surface area contributed by atoms with Crippen LogP contribution >= 0.6 is 22.9 Å². The van der Waals surface area contributed by atoms with E-state index < -0.39 is 10.0 Å². The minimum Gasteiger partial charge on any atom is -0.376 e. The number of sulfonamides is 1. The van der Waals surface area contributed by atoms with E-state index in [1.165, 1.54) is 27.8 Å². The molecule has 34 heavy (non-hydrogen) atoms. The van der Waals surface area contributed by atoms with Crippen molar-refractivity contribution in [3.05, 3.63) is 52.5 Å². The summed E-state index contributed by atoms with van der Waals surface area (Å²) < 4.78 is 33.9. The quantitative estimate of drug-likeness (QED) is 0.464. The predicted molar refractivity (Wildman–Crippen MR) is 134 cm³/mol. The first-order valence-electron chi connectivity index (χ1n) is 11.4. The molecule has 1 unspecified atom stereocenters. The predicted octanol–water partition coefficient (Wildman–Crippen LogP) is 4.87. The number of hydrogen-bond donors (Lipinski definition) is 0. The Morgan fingerprint density at radius 3 is 2.62 bits per heavy atom. The van der Waals surface area contributed by atoms with Crippen LogP contribution in [0.3, 0.4) is 0 Å². The van der Waals surface area contributed by atoms with Crippen molar-refractivity contribution < 1.29 is 17.9 Å². The van der Waals surface area contributed by atoms with Gasteiger partial charge in [-0.05, 0) is 74.6 Å². The number of benzene rings is 2. The zero-order valence-electron chi connectivity index (χ0n) is 18.9. The number of thiazole rings is 1. The minimum atomic E-state index is -3.53. The monoisotopic (exact) mass is 519 g/mol. The summed E-state index contributed by atoms with van der Waals surface area (Å²) in [5.41, 5.74) is 2.18. The van der Waals surface area contributed by atoms with Crippen LogP contribution in [0.1, 0.15) is 41.6 Å². The molecule has 0 aliphatic carbocycles. The van der Waals surface area contributed by atoms with Crippen molar-refractivity contribution >= 4 is 54.2 Å². The topological polar surface area (TPSA) is 79.8 Å². The lowest BCUT2D eigenvalue weighted by Crippen LogP contribution is -2.37. The highest BCUT2D eigenvalue weighted by molar-refractivity contribution is 7.89. The number of ether oxygens (including phenoxy) is 1. The molecule has 10 heteroatoms. The van der Waals surface area contributed by atoms with E-state index in [4.69, 9.17) is 21.3 Å². The van der Waals surface area contributed by atoms with Gasteiger partial charge in [0.05, 0.1) is 27.8 Å². The number of carbonyl (C=O) groups is 1. The molecule has 3 heterocycles. The Balaban J connectivity index is 1.46. The summed E-state index contributed by atoms with van der Waals surface area (Å²) in [7, 11) is -3.53. The van der Waals surface area contributed by atoms with Crippen LogP contribution < -0.4 is 4.90 Å². The Bertz CT molecular complexity index is 1310. The van der Waals surface area contributed by atoms with E-state index in [2.05, 4.69) is 0 Å². The third kappa shape index (κ3) is 4.59. The molecular weight excluding hydrogens is 494 g/mol. The Morgan fingerprint density at radius 2 is 1.94 bits per heavy atom. The first kappa shape index (κ1) is 23.7. The fourth-order valence-corrected chi connectivity index (χ4v) is 7.45. The van der Waals surface area contributed by atoms with Crippen molar-refractivity contribution in [2.24, 2.45) is 0 Å². The fourth-order valence-electron chi connectivity index (χ4n) is 4.50. The lowest BCUT2D eigenvalue weighted by Gasteiger charge is -2.23. The first-order valence-corrected chi connectivity index (χ1v) is 14.1. The van der Waals surface area contributed by atoms with Gasteiger partial charge in [-0.1, -0.05) is 22.9 Å². The third-order valence-electron chi connectivity index (χ3n) is 6.33. The molecule has 7 nitrogen and oxygen atoms in total. The molecule has 2 aliphatic heterocycles. The van der Waals surface area contributed by atoms with Gasteiger partial charge in [0.1, 0.15) is 0 Å². The summed E-state index contributed by atoms with van der Waals surface area (Å²) in [6.07, 6.45) is 3.54. The molecule has 1 amide bonds. The molecule has 1 aromatic heterocycles. The van der Waals surface area contributed by atoms with Gasteiger partial charge in [0.2, 0.25) is 10.0 Å². The average Bonchev–Trinajstić information content (AvgIpc) is 3.59. The molecule has 2 saturated heterocycles. The molecule has 1 atom stereocenters. The lowest BCUT2D eigenvalue weighted by molar-refractivity contribution is 0.0917. The number of hydrogen-bond acceptors (Lipinski definition) is 6. The van der Waals surface area contributed by atoms with Gasteiger partial charge in [-0.15, -0.1) is 0 Å². The average molecular weight is 520 g/mol. The first-order chi connectivity index (χ1) is 16.3. The maximum atomic E-state index is 13.6. The smallest absolute Gasteiger partial charge is 0.260 e. The van der Waals surface area contributed by atoms with Gasteiger partial charge in [0.25, 0.3) is 5.91 Å². The maximum absolute atomic E-state index is 13.6. The standard InChI is InChI=1S/C24H26ClN3O4S2/c1-16-13-18(25)14-21-22(16)26-24(33-21)28(15-19-5-4-12-32-19)23(29)17-6-8-20(9-7-17)34(30,31)27-10-2-3-11-27/h6-9,13-14,19H,2-5,10-12,15H2,1H3. The van der Waals surface area contributed by atoms with Gasteiger partial charge in [0.15, 0.2) is 5.13 Å². The molecule has 0 bridgehead atoms. The number of anilines is 1. The highest BCUT2D eigenvalue weighted by Crippen LogP contribution is 2.34. The Hall–Kier alpha value is -2.04. The van der Waals surface area contributed by atoms with Gasteiger partial charge in [-0.3, -0.25) is 9.69 Å². The molecule has 0 saturated carbocycles. The molecule has 0 N–H and O–H groups in total. The fraction of sp³-hybridized carbons (Fsp3) is 0.417. The van der Waals surface area contributed by atoms with E-state index in [9.17, 15) is 13.2 Å². The second-order valence-corrected chi connectivity index (χ2v) is 12.1. The van der Waals surface area contributed by atoms with Crippen LogP contribution in [-0.2, 0) is 14.8 Å². The summed E-state index contributed by atoms with van der Waals surface area (Å²) in [6, 6.07) is 9.93. The SMILES string of the molecule is Cc1cc(Cl)cc2sc(N(CC3CCCO3)C(=O)c3ccc(S(=O)(=O)N4CCCC4)cc3)nc12. The van der Waals surface area contributed by atoms with Gasteiger partial charge < -0.3 is 4.74 Å². The zero-order valence-corrected chi connectivity index (χ0v) is 21.3. The molecule has 2 aliphatic rings. The minimum absolute atomic E-state index is 0.0598. The molecule has 0 spiro atoms. The number of nitrogens with zero attached hydrogens (tertiary/aromatic N) is 3. The number of fused-ring (bicyclic) bond motifs is 1. The number of aromatic nitrogens is 1. The highest BCUT2D eigenvalue weighted by Gasteiger charge is 2.29. The Labute approximate surface area is 208 Å². The highest BCUT2D eigenvalue weighted by atomic mass is 35.5. The largest absolute Gasteiger partial charge is 0.376 e. The molecule has 3 aromatic rings. The number of aryl methyl sites for hydroxylation is 1. The number of amides is 1. The molecule has 5 rings (SSSR count). The van der Waals surface area contributed by atoms with Gasteiger partial charge in [-0.2, -0.15) is 4.31 Å². The molecule has 2 fully saturated rings. The Morgan fingerprint density at radius 1 is 1.21 bits per heavy atom. The van der Waals surface area contributed by atoms with Crippen molar-refractivity contribution in [3.8, 4) is 0 Å². The summed E-state index contributed by atoms with van der Waals surface area (Å²) >= 11 is 7.65. The van der Waals surface area contributed by atoms with Crippen LogP contribution in [0.25, 0.3) is 10.2 Å². The third-order valence-corrected chi connectivity index (χ3v) is 9.49. The summed E-state index contributed by atoms with van der Waals surface area (Å²) in [5.74, 6) is -0.233. The number of carbonyl (C=O) groups excluding carboxylic acids is 1. The maximum Gasteiger partial charge on any atom is 0.260 e. The van der Waals surface area contributed by atoms with Crippen molar-refractivity contribution in [1.82, 2.24) is 9.29 Å². The number of halogens is 1. The van der Waals surface area contributed by atoms with Crippen LogP contribution in [0.5, 0.6) is 0 Å². The molecule has 180 valence electrons. The van der Waals surface area contributed by atoms with Crippen molar-refractivity contribution in [3.63, 3.8) is 0 Å². The molecule has 0 radical (unpaired) electrons. The van der Waals surface area contributed by atoms with Gasteiger partial charge in [0, 0.05) is 30.3 Å². The number of rotatable bonds is 6. The zero-order chi connectivity index (χ0) is 23.9. The van der Waals surface area contributed by atoms with E-state index in [1.807, 2.05) is 19.1 Å².